The topological polar surface area (TPSA) is 101 Å². The van der Waals surface area contributed by atoms with E-state index in [4.69, 9.17) is 0 Å². The maximum atomic E-state index is 11.5. The molecule has 1 aliphatic heterocycles. The standard InChI is InChI=1S/C10H13N3O4S/c1-18(16,17)9-4-2-3-8(10(9)13(14)15)12-7-5-11-6-7/h2-4,7,11-12H,5-6H2,1H3. The van der Waals surface area contributed by atoms with E-state index in [9.17, 15) is 18.5 Å². The van der Waals surface area contributed by atoms with E-state index in [2.05, 4.69) is 10.6 Å². The molecule has 1 aliphatic rings. The van der Waals surface area contributed by atoms with Gasteiger partial charge in [-0.25, -0.2) is 8.42 Å². The van der Waals surface area contributed by atoms with Crippen LogP contribution in [-0.4, -0.2) is 38.7 Å². The SMILES string of the molecule is CS(=O)(=O)c1cccc(NC2CNC2)c1[N+](=O)[O-]. The maximum Gasteiger partial charge on any atom is 0.310 e. The van der Waals surface area contributed by atoms with E-state index in [-0.39, 0.29) is 22.3 Å². The number of para-hydroxylation sites is 1. The number of benzene rings is 1. The first kappa shape index (κ1) is 12.8. The Morgan fingerprint density at radius 3 is 2.56 bits per heavy atom. The van der Waals surface area contributed by atoms with Crippen molar-refractivity contribution in [3.8, 4) is 0 Å². The van der Waals surface area contributed by atoms with E-state index >= 15 is 0 Å². The number of nitro groups is 1. The average molecular weight is 271 g/mol. The van der Waals surface area contributed by atoms with Crippen LogP contribution < -0.4 is 10.6 Å². The van der Waals surface area contributed by atoms with Crippen molar-refractivity contribution in [2.24, 2.45) is 0 Å². The Hall–Kier alpha value is -1.67. The van der Waals surface area contributed by atoms with Gasteiger partial charge >= 0.3 is 5.69 Å². The molecule has 1 saturated heterocycles. The zero-order valence-electron chi connectivity index (χ0n) is 9.71. The molecule has 1 heterocycles. The van der Waals surface area contributed by atoms with E-state index in [1.165, 1.54) is 18.2 Å². The molecule has 0 aromatic heterocycles. The lowest BCUT2D eigenvalue weighted by Gasteiger charge is -2.28. The summed E-state index contributed by atoms with van der Waals surface area (Å²) in [5.74, 6) is 0. The molecule has 0 aliphatic carbocycles. The largest absolute Gasteiger partial charge is 0.374 e. The van der Waals surface area contributed by atoms with E-state index in [1.54, 1.807) is 0 Å². The summed E-state index contributed by atoms with van der Waals surface area (Å²) in [6.45, 7) is 1.42. The third-order valence-corrected chi connectivity index (χ3v) is 3.85. The van der Waals surface area contributed by atoms with Crippen LogP contribution in [-0.2, 0) is 9.84 Å². The fourth-order valence-electron chi connectivity index (χ4n) is 1.74. The van der Waals surface area contributed by atoms with Crippen molar-refractivity contribution in [1.29, 1.82) is 0 Å². The predicted octanol–water partition coefficient (Wildman–Crippen LogP) is 0.382. The van der Waals surface area contributed by atoms with Gasteiger partial charge in [0, 0.05) is 19.3 Å². The van der Waals surface area contributed by atoms with Gasteiger partial charge in [0.2, 0.25) is 0 Å². The fourth-order valence-corrected chi connectivity index (χ4v) is 2.60. The molecule has 0 bridgehead atoms. The summed E-state index contributed by atoms with van der Waals surface area (Å²) in [6.07, 6.45) is 0.962. The summed E-state index contributed by atoms with van der Waals surface area (Å²) in [5.41, 5.74) is -0.138. The third-order valence-electron chi connectivity index (χ3n) is 2.72. The van der Waals surface area contributed by atoms with Crippen LogP contribution in [0.1, 0.15) is 0 Å². The molecule has 0 saturated carbocycles. The summed E-state index contributed by atoms with van der Waals surface area (Å²) < 4.78 is 23.1. The Kier molecular flexibility index (Phi) is 3.22. The summed E-state index contributed by atoms with van der Waals surface area (Å²) in [6, 6.07) is 4.36. The zero-order chi connectivity index (χ0) is 13.3. The van der Waals surface area contributed by atoms with Gasteiger partial charge in [-0.1, -0.05) is 6.07 Å². The molecule has 1 aromatic carbocycles. The second kappa shape index (κ2) is 4.54. The van der Waals surface area contributed by atoms with Crippen molar-refractivity contribution in [1.82, 2.24) is 5.32 Å². The molecule has 2 N–H and O–H groups in total. The van der Waals surface area contributed by atoms with E-state index < -0.39 is 14.8 Å². The lowest BCUT2D eigenvalue weighted by atomic mass is 10.1. The van der Waals surface area contributed by atoms with Gasteiger partial charge in [-0.3, -0.25) is 10.1 Å². The van der Waals surface area contributed by atoms with Gasteiger partial charge in [-0.15, -0.1) is 0 Å². The molecule has 1 fully saturated rings. The van der Waals surface area contributed by atoms with Crippen LogP contribution in [0.5, 0.6) is 0 Å². The Bertz CT molecular complexity index is 581. The number of nitrogens with zero attached hydrogens (tertiary/aromatic N) is 1. The molecule has 0 amide bonds. The van der Waals surface area contributed by atoms with E-state index in [1.807, 2.05) is 0 Å². The van der Waals surface area contributed by atoms with Gasteiger partial charge in [-0.2, -0.15) is 0 Å². The van der Waals surface area contributed by atoms with Crippen LogP contribution in [0.15, 0.2) is 23.1 Å². The van der Waals surface area contributed by atoms with Gasteiger partial charge < -0.3 is 10.6 Å². The number of sulfone groups is 1. The second-order valence-electron chi connectivity index (χ2n) is 4.18. The number of anilines is 1. The normalized spacial score (nSPS) is 16.1. The van der Waals surface area contributed by atoms with Crippen LogP contribution in [0.25, 0.3) is 0 Å². The average Bonchev–Trinajstić information content (AvgIpc) is 2.21. The Morgan fingerprint density at radius 2 is 2.11 bits per heavy atom. The van der Waals surface area contributed by atoms with Gasteiger partial charge in [0.1, 0.15) is 10.6 Å². The van der Waals surface area contributed by atoms with Crippen molar-refractivity contribution < 1.29 is 13.3 Å². The summed E-state index contributed by atoms with van der Waals surface area (Å²) in [4.78, 5) is 10.1. The van der Waals surface area contributed by atoms with Gasteiger partial charge in [0.05, 0.1) is 11.0 Å². The highest BCUT2D eigenvalue weighted by atomic mass is 32.2. The molecule has 0 spiro atoms. The number of nitro benzene ring substituents is 1. The highest BCUT2D eigenvalue weighted by molar-refractivity contribution is 7.90. The highest BCUT2D eigenvalue weighted by Gasteiger charge is 2.28. The first-order valence-electron chi connectivity index (χ1n) is 5.34. The van der Waals surface area contributed by atoms with E-state index in [0.717, 1.165) is 6.26 Å². The third kappa shape index (κ3) is 2.44. The zero-order valence-corrected chi connectivity index (χ0v) is 10.5. The highest BCUT2D eigenvalue weighted by Crippen LogP contribution is 2.32. The first-order valence-corrected chi connectivity index (χ1v) is 7.23. The molecule has 0 atom stereocenters. The summed E-state index contributed by atoms with van der Waals surface area (Å²) in [7, 11) is -3.62. The Morgan fingerprint density at radius 1 is 1.44 bits per heavy atom. The van der Waals surface area contributed by atoms with Gasteiger partial charge in [-0.05, 0) is 12.1 Å². The summed E-state index contributed by atoms with van der Waals surface area (Å²) in [5, 5.41) is 17.1. The van der Waals surface area contributed by atoms with Crippen LogP contribution >= 0.6 is 0 Å². The minimum Gasteiger partial charge on any atom is -0.374 e. The summed E-state index contributed by atoms with van der Waals surface area (Å²) >= 11 is 0. The minimum atomic E-state index is -3.62. The predicted molar refractivity (Wildman–Crippen MR) is 66.5 cm³/mol. The molecule has 0 unspecified atom stereocenters. The Balaban J connectivity index is 2.48. The second-order valence-corrected chi connectivity index (χ2v) is 6.17. The van der Waals surface area contributed by atoms with Crippen molar-refractivity contribution in [2.75, 3.05) is 24.7 Å². The number of nitrogens with one attached hydrogen (secondary N) is 2. The lowest BCUT2D eigenvalue weighted by Crippen LogP contribution is -2.51. The van der Waals surface area contributed by atoms with E-state index in [0.29, 0.717) is 13.1 Å². The smallest absolute Gasteiger partial charge is 0.310 e. The number of hydrogen-bond donors (Lipinski definition) is 2. The first-order chi connectivity index (χ1) is 8.39. The van der Waals surface area contributed by atoms with Crippen molar-refractivity contribution >= 4 is 21.2 Å². The minimum absolute atomic E-state index is 0.0958. The fraction of sp³-hybridized carbons (Fsp3) is 0.400. The molecule has 18 heavy (non-hydrogen) atoms. The van der Waals surface area contributed by atoms with Gasteiger partial charge in [0.25, 0.3) is 0 Å². The van der Waals surface area contributed by atoms with Crippen molar-refractivity contribution in [3.05, 3.63) is 28.3 Å². The Labute approximate surface area is 104 Å². The molecule has 1 aromatic rings. The molecule has 7 nitrogen and oxygen atoms in total. The van der Waals surface area contributed by atoms with Crippen molar-refractivity contribution in [3.63, 3.8) is 0 Å². The van der Waals surface area contributed by atoms with Crippen LogP contribution in [0, 0.1) is 10.1 Å². The monoisotopic (exact) mass is 271 g/mol. The van der Waals surface area contributed by atoms with Crippen LogP contribution in [0.3, 0.4) is 0 Å². The molecular formula is C10H13N3O4S. The molecule has 98 valence electrons. The molecule has 0 radical (unpaired) electrons. The number of rotatable bonds is 4. The van der Waals surface area contributed by atoms with Gasteiger partial charge in [0.15, 0.2) is 9.84 Å². The van der Waals surface area contributed by atoms with Crippen molar-refractivity contribution in [2.45, 2.75) is 10.9 Å². The number of hydrogen-bond acceptors (Lipinski definition) is 6. The van der Waals surface area contributed by atoms with Crippen LogP contribution in [0.2, 0.25) is 0 Å². The van der Waals surface area contributed by atoms with Crippen LogP contribution in [0.4, 0.5) is 11.4 Å². The quantitative estimate of drug-likeness (QED) is 0.606. The maximum absolute atomic E-state index is 11.5. The lowest BCUT2D eigenvalue weighted by molar-refractivity contribution is -0.386. The molecule has 8 heteroatoms. The molecule has 2 rings (SSSR count). The molecular weight excluding hydrogens is 258 g/mol.